The van der Waals surface area contributed by atoms with E-state index in [2.05, 4.69) is 27.3 Å². The number of carbonyl (C=O) groups is 1. The molecule has 0 aliphatic heterocycles. The number of carbonyl (C=O) groups excluding carboxylic acids is 1. The quantitative estimate of drug-likeness (QED) is 0.0651. The predicted octanol–water partition coefficient (Wildman–Crippen LogP) is 7.14. The highest BCUT2D eigenvalue weighted by Gasteiger charge is 2.15. The number of fused-ring (bicyclic) bond motifs is 1. The number of ether oxygens (including phenoxy) is 1. The van der Waals surface area contributed by atoms with E-state index in [0.717, 1.165) is 22.3 Å². The third kappa shape index (κ3) is 6.06. The molecule has 6 rings (SSSR count). The van der Waals surface area contributed by atoms with Crippen molar-refractivity contribution in [2.75, 3.05) is 13.2 Å². The zero-order valence-corrected chi connectivity index (χ0v) is 22.9. The fourth-order valence-corrected chi connectivity index (χ4v) is 4.76. The molecule has 1 N–H and O–H groups in total. The van der Waals surface area contributed by atoms with Crippen LogP contribution < -0.4 is 0 Å². The van der Waals surface area contributed by atoms with Crippen LogP contribution in [0, 0.1) is 10.1 Å². The number of H-pyrrole nitrogens is 1. The second kappa shape index (κ2) is 12.3. The molecule has 6 aromatic rings. The first-order chi connectivity index (χ1) is 21.1. The topological polar surface area (TPSA) is 123 Å². The van der Waals surface area contributed by atoms with Gasteiger partial charge >= 0.3 is 5.97 Å². The third-order valence-electron chi connectivity index (χ3n) is 6.94. The first-order valence-corrected chi connectivity index (χ1v) is 13.6. The Kier molecular flexibility index (Phi) is 7.77. The van der Waals surface area contributed by atoms with Gasteiger partial charge in [0.05, 0.1) is 40.1 Å². The first-order valence-electron chi connectivity index (χ1n) is 13.6. The van der Waals surface area contributed by atoms with E-state index in [9.17, 15) is 14.9 Å². The molecular formula is C34H25N5O4. The molecule has 0 aliphatic rings. The molecule has 0 spiro atoms. The van der Waals surface area contributed by atoms with Gasteiger partial charge in [0.1, 0.15) is 6.61 Å². The second-order valence-electron chi connectivity index (χ2n) is 9.69. The number of non-ortho nitro benzene ring substituents is 1. The Labute approximate surface area is 246 Å². The lowest BCUT2D eigenvalue weighted by Gasteiger charge is -2.10. The minimum Gasteiger partial charge on any atom is -0.460 e. The van der Waals surface area contributed by atoms with Gasteiger partial charge in [-0.05, 0) is 35.4 Å². The monoisotopic (exact) mass is 567 g/mol. The van der Waals surface area contributed by atoms with Crippen molar-refractivity contribution in [3.05, 3.63) is 137 Å². The van der Waals surface area contributed by atoms with Crippen LogP contribution in [0.15, 0.2) is 120 Å². The van der Waals surface area contributed by atoms with Crippen molar-refractivity contribution in [3.63, 3.8) is 0 Å². The number of nitrogens with one attached hydrogen (secondary N) is 1. The van der Waals surface area contributed by atoms with Crippen LogP contribution in [0.5, 0.6) is 0 Å². The molecule has 0 saturated heterocycles. The van der Waals surface area contributed by atoms with Crippen molar-refractivity contribution in [2.24, 2.45) is 4.99 Å². The summed E-state index contributed by atoms with van der Waals surface area (Å²) in [6, 6.07) is 33.7. The highest BCUT2D eigenvalue weighted by Crippen LogP contribution is 2.28. The Bertz CT molecular complexity index is 1930. The number of nitro benzene ring substituents is 1. The highest BCUT2D eigenvalue weighted by atomic mass is 16.6. The van der Waals surface area contributed by atoms with Gasteiger partial charge in [0.25, 0.3) is 5.69 Å². The minimum absolute atomic E-state index is 0.00959. The molecule has 43 heavy (non-hydrogen) atoms. The van der Waals surface area contributed by atoms with E-state index < -0.39 is 10.9 Å². The summed E-state index contributed by atoms with van der Waals surface area (Å²) in [6.45, 7) is 0.325. The SMILES string of the molecule is O=C(OCCN=Cc1cn[nH]c1-c1ccc([N+](=O)[O-])cc1)c1cc(-c2ccc(-c3ccccc3)cc2)nc2ccccc12. The summed E-state index contributed by atoms with van der Waals surface area (Å²) in [6.07, 6.45) is 3.25. The molecule has 0 atom stereocenters. The summed E-state index contributed by atoms with van der Waals surface area (Å²) in [5, 5.41) is 18.6. The highest BCUT2D eigenvalue weighted by molar-refractivity contribution is 6.04. The summed E-state index contributed by atoms with van der Waals surface area (Å²) in [5.74, 6) is -0.453. The first kappa shape index (κ1) is 27.2. The lowest BCUT2D eigenvalue weighted by molar-refractivity contribution is -0.384. The van der Waals surface area contributed by atoms with Crippen LogP contribution >= 0.6 is 0 Å². The molecule has 0 fully saturated rings. The summed E-state index contributed by atoms with van der Waals surface area (Å²) in [5.41, 5.74) is 7.09. The van der Waals surface area contributed by atoms with Crippen LogP contribution in [0.2, 0.25) is 0 Å². The van der Waals surface area contributed by atoms with E-state index in [1.807, 2.05) is 66.7 Å². The molecule has 2 aromatic heterocycles. The van der Waals surface area contributed by atoms with Gasteiger partial charge in [-0.1, -0.05) is 72.8 Å². The zero-order valence-electron chi connectivity index (χ0n) is 22.9. The maximum atomic E-state index is 13.2. The lowest BCUT2D eigenvalue weighted by Crippen LogP contribution is -2.10. The Morgan fingerprint density at radius 1 is 0.860 bits per heavy atom. The van der Waals surface area contributed by atoms with Crippen LogP contribution in [0.1, 0.15) is 15.9 Å². The van der Waals surface area contributed by atoms with Crippen molar-refractivity contribution in [3.8, 4) is 33.6 Å². The number of nitrogens with zero attached hydrogens (tertiary/aromatic N) is 4. The van der Waals surface area contributed by atoms with Crippen molar-refractivity contribution < 1.29 is 14.5 Å². The lowest BCUT2D eigenvalue weighted by atomic mass is 10.0. The van der Waals surface area contributed by atoms with Gasteiger partial charge in [-0.25, -0.2) is 9.78 Å². The summed E-state index contributed by atoms with van der Waals surface area (Å²) in [7, 11) is 0. The number of aromatic amines is 1. The van der Waals surface area contributed by atoms with Crippen LogP contribution in [0.25, 0.3) is 44.5 Å². The normalized spacial score (nSPS) is 11.2. The number of aromatic nitrogens is 3. The van der Waals surface area contributed by atoms with Gasteiger partial charge in [-0.2, -0.15) is 5.10 Å². The number of nitro groups is 1. The van der Waals surface area contributed by atoms with Gasteiger partial charge in [0.15, 0.2) is 0 Å². The molecule has 2 heterocycles. The summed E-state index contributed by atoms with van der Waals surface area (Å²) < 4.78 is 5.61. The molecule has 210 valence electrons. The van der Waals surface area contributed by atoms with Crippen LogP contribution in [-0.4, -0.2) is 45.4 Å². The number of para-hydroxylation sites is 1. The van der Waals surface area contributed by atoms with Gasteiger partial charge in [-0.3, -0.25) is 20.2 Å². The van der Waals surface area contributed by atoms with E-state index >= 15 is 0 Å². The molecule has 9 nitrogen and oxygen atoms in total. The summed E-state index contributed by atoms with van der Waals surface area (Å²) >= 11 is 0. The molecule has 4 aromatic carbocycles. The van der Waals surface area contributed by atoms with Crippen LogP contribution in [0.4, 0.5) is 5.69 Å². The molecule has 9 heteroatoms. The smallest absolute Gasteiger partial charge is 0.338 e. The van der Waals surface area contributed by atoms with Crippen molar-refractivity contribution in [1.29, 1.82) is 0 Å². The Balaban J connectivity index is 1.15. The number of esters is 1. The molecule has 0 bridgehead atoms. The van der Waals surface area contributed by atoms with Crippen molar-refractivity contribution in [2.45, 2.75) is 0 Å². The predicted molar refractivity (Wildman–Crippen MR) is 166 cm³/mol. The average Bonchev–Trinajstić information content (AvgIpc) is 3.53. The zero-order chi connectivity index (χ0) is 29.6. The van der Waals surface area contributed by atoms with Crippen LogP contribution in [0.3, 0.4) is 0 Å². The van der Waals surface area contributed by atoms with E-state index in [1.165, 1.54) is 12.1 Å². The third-order valence-corrected chi connectivity index (χ3v) is 6.94. The fraction of sp³-hybridized carbons (Fsp3) is 0.0588. The van der Waals surface area contributed by atoms with E-state index in [0.29, 0.717) is 33.4 Å². The number of hydrogen-bond acceptors (Lipinski definition) is 7. The largest absolute Gasteiger partial charge is 0.460 e. The number of rotatable bonds is 9. The van der Waals surface area contributed by atoms with Gasteiger partial charge in [0, 0.05) is 40.4 Å². The molecule has 0 radical (unpaired) electrons. The summed E-state index contributed by atoms with van der Waals surface area (Å²) in [4.78, 5) is 32.9. The molecule has 0 saturated carbocycles. The number of aliphatic imine (C=N–C) groups is 1. The second-order valence-corrected chi connectivity index (χ2v) is 9.69. The Morgan fingerprint density at radius 2 is 1.53 bits per heavy atom. The Hall–Kier alpha value is -5.96. The standard InChI is InChI=1S/C34H25N5O4/c40-34(43-19-18-35-21-27-22-36-38-33(27)26-14-16-28(17-15-26)39(41)42)30-20-32(37-31-9-5-4-8-29(30)31)25-12-10-24(11-13-25)23-6-2-1-3-7-23/h1-17,20-22H,18-19H2,(H,36,38). The Morgan fingerprint density at radius 3 is 2.30 bits per heavy atom. The van der Waals surface area contributed by atoms with Crippen LogP contribution in [-0.2, 0) is 4.74 Å². The van der Waals surface area contributed by atoms with E-state index in [-0.39, 0.29) is 18.8 Å². The molecular weight excluding hydrogens is 542 g/mol. The van der Waals surface area contributed by atoms with Gasteiger partial charge in [-0.15, -0.1) is 0 Å². The number of hydrogen-bond donors (Lipinski definition) is 1. The molecule has 0 amide bonds. The van der Waals surface area contributed by atoms with Crippen molar-refractivity contribution >= 4 is 28.8 Å². The van der Waals surface area contributed by atoms with Gasteiger partial charge in [0.2, 0.25) is 0 Å². The fourth-order valence-electron chi connectivity index (χ4n) is 4.76. The average molecular weight is 568 g/mol. The molecule has 0 unspecified atom stereocenters. The minimum atomic E-state index is -0.453. The molecule has 0 aliphatic carbocycles. The maximum Gasteiger partial charge on any atom is 0.338 e. The maximum absolute atomic E-state index is 13.2. The van der Waals surface area contributed by atoms with E-state index in [1.54, 1.807) is 30.6 Å². The number of pyridine rings is 1. The van der Waals surface area contributed by atoms with Crippen molar-refractivity contribution in [1.82, 2.24) is 15.2 Å². The van der Waals surface area contributed by atoms with E-state index in [4.69, 9.17) is 9.72 Å². The van der Waals surface area contributed by atoms with Gasteiger partial charge < -0.3 is 4.74 Å². The number of benzene rings is 4.